The summed E-state index contributed by atoms with van der Waals surface area (Å²) in [6.07, 6.45) is 2.39. The zero-order chi connectivity index (χ0) is 18.8. The summed E-state index contributed by atoms with van der Waals surface area (Å²) < 4.78 is 5.41. The fraction of sp³-hybridized carbons (Fsp3) is 0.348. The molecular formula is C23H26N2O2. The van der Waals surface area contributed by atoms with Crippen LogP contribution in [-0.4, -0.2) is 31.1 Å². The number of anilines is 1. The maximum Gasteiger partial charge on any atom is 0.336 e. The molecule has 1 fully saturated rings. The fourth-order valence-electron chi connectivity index (χ4n) is 4.10. The van der Waals surface area contributed by atoms with Crippen molar-refractivity contribution in [3.8, 4) is 0 Å². The standard InChI is InChI=1S/C23H26N2O2/c1-17-10-11-21-18(14-23(26)27-22(21)13-17)15-25-12-6-9-20(25)16-24(2)19-7-4-3-5-8-19/h3-5,7-8,10-11,13-14,20H,6,9,12,15-16H2,1-2H3/t20-/m1/s1. The number of hydrogen-bond donors (Lipinski definition) is 0. The van der Waals surface area contributed by atoms with Gasteiger partial charge in [0.25, 0.3) is 0 Å². The second-order valence-electron chi connectivity index (χ2n) is 7.57. The van der Waals surface area contributed by atoms with Gasteiger partial charge in [0.2, 0.25) is 0 Å². The van der Waals surface area contributed by atoms with Gasteiger partial charge in [0, 0.05) is 43.3 Å². The van der Waals surface area contributed by atoms with Crippen molar-refractivity contribution in [1.82, 2.24) is 4.90 Å². The van der Waals surface area contributed by atoms with E-state index in [1.165, 1.54) is 18.5 Å². The van der Waals surface area contributed by atoms with E-state index in [0.29, 0.717) is 11.6 Å². The van der Waals surface area contributed by atoms with Crippen molar-refractivity contribution in [2.45, 2.75) is 32.4 Å². The number of nitrogens with zero attached hydrogens (tertiary/aromatic N) is 2. The summed E-state index contributed by atoms with van der Waals surface area (Å²) in [6.45, 7) is 4.86. The zero-order valence-corrected chi connectivity index (χ0v) is 16.0. The van der Waals surface area contributed by atoms with E-state index in [1.54, 1.807) is 6.07 Å². The van der Waals surface area contributed by atoms with E-state index in [0.717, 1.165) is 36.1 Å². The Labute approximate surface area is 160 Å². The Morgan fingerprint density at radius 3 is 2.78 bits per heavy atom. The van der Waals surface area contributed by atoms with Crippen LogP contribution < -0.4 is 10.5 Å². The first-order valence-electron chi connectivity index (χ1n) is 9.64. The minimum absolute atomic E-state index is 0.264. The van der Waals surface area contributed by atoms with Crippen molar-refractivity contribution in [2.24, 2.45) is 0 Å². The van der Waals surface area contributed by atoms with Gasteiger partial charge in [-0.15, -0.1) is 0 Å². The number of hydrogen-bond acceptors (Lipinski definition) is 4. The van der Waals surface area contributed by atoms with E-state index in [4.69, 9.17) is 4.42 Å². The minimum atomic E-state index is -0.264. The molecule has 4 nitrogen and oxygen atoms in total. The Morgan fingerprint density at radius 1 is 1.15 bits per heavy atom. The van der Waals surface area contributed by atoms with Crippen molar-refractivity contribution >= 4 is 16.7 Å². The molecule has 1 atom stereocenters. The van der Waals surface area contributed by atoms with Crippen LogP contribution in [0.3, 0.4) is 0 Å². The highest BCUT2D eigenvalue weighted by molar-refractivity contribution is 5.80. The minimum Gasteiger partial charge on any atom is -0.423 e. The van der Waals surface area contributed by atoms with Gasteiger partial charge >= 0.3 is 5.63 Å². The Morgan fingerprint density at radius 2 is 1.96 bits per heavy atom. The van der Waals surface area contributed by atoms with Crippen LogP contribution in [0.4, 0.5) is 5.69 Å². The van der Waals surface area contributed by atoms with Gasteiger partial charge in [0.15, 0.2) is 0 Å². The van der Waals surface area contributed by atoms with E-state index >= 15 is 0 Å². The summed E-state index contributed by atoms with van der Waals surface area (Å²) in [4.78, 5) is 16.9. The Kier molecular flexibility index (Phi) is 4.99. The number of fused-ring (bicyclic) bond motifs is 1. The van der Waals surface area contributed by atoms with Crippen LogP contribution in [0.2, 0.25) is 0 Å². The lowest BCUT2D eigenvalue weighted by molar-refractivity contribution is 0.249. The Balaban J connectivity index is 1.55. The zero-order valence-electron chi connectivity index (χ0n) is 16.0. The quantitative estimate of drug-likeness (QED) is 0.638. The fourth-order valence-corrected chi connectivity index (χ4v) is 4.10. The van der Waals surface area contributed by atoms with Crippen molar-refractivity contribution < 1.29 is 4.42 Å². The first-order valence-corrected chi connectivity index (χ1v) is 9.64. The monoisotopic (exact) mass is 362 g/mol. The molecule has 2 heterocycles. The molecule has 0 spiro atoms. The third-order valence-electron chi connectivity index (χ3n) is 5.54. The highest BCUT2D eigenvalue weighted by Crippen LogP contribution is 2.25. The van der Waals surface area contributed by atoms with Gasteiger partial charge in [-0.05, 0) is 55.6 Å². The summed E-state index contributed by atoms with van der Waals surface area (Å²) in [5, 5.41) is 1.04. The molecule has 1 aliphatic rings. The van der Waals surface area contributed by atoms with Crippen LogP contribution in [0.5, 0.6) is 0 Å². The average Bonchev–Trinajstić information content (AvgIpc) is 3.08. The lowest BCUT2D eigenvalue weighted by Crippen LogP contribution is -2.38. The molecule has 0 aliphatic carbocycles. The SMILES string of the molecule is Cc1ccc2c(CN3CCC[C@@H]3CN(C)c3ccccc3)cc(=O)oc2c1. The molecule has 0 radical (unpaired) electrons. The first-order chi connectivity index (χ1) is 13.1. The summed E-state index contributed by atoms with van der Waals surface area (Å²) in [6, 6.07) is 18.8. The molecule has 0 bridgehead atoms. The number of rotatable bonds is 5. The number of benzene rings is 2. The van der Waals surface area contributed by atoms with Crippen molar-refractivity contribution in [3.05, 3.63) is 76.1 Å². The highest BCUT2D eigenvalue weighted by atomic mass is 16.4. The second-order valence-corrected chi connectivity index (χ2v) is 7.57. The number of para-hydroxylation sites is 1. The van der Waals surface area contributed by atoms with Gasteiger partial charge in [-0.1, -0.05) is 30.3 Å². The van der Waals surface area contributed by atoms with Gasteiger partial charge in [0.1, 0.15) is 5.58 Å². The van der Waals surface area contributed by atoms with Crippen LogP contribution >= 0.6 is 0 Å². The van der Waals surface area contributed by atoms with Crippen LogP contribution in [-0.2, 0) is 6.54 Å². The molecule has 2 aromatic carbocycles. The summed E-state index contributed by atoms with van der Waals surface area (Å²) in [5.41, 5.74) is 3.84. The molecule has 3 aromatic rings. The van der Waals surface area contributed by atoms with E-state index in [1.807, 2.05) is 19.1 Å². The molecule has 0 N–H and O–H groups in total. The summed E-state index contributed by atoms with van der Waals surface area (Å²) in [7, 11) is 2.15. The molecular weight excluding hydrogens is 336 g/mol. The molecule has 27 heavy (non-hydrogen) atoms. The van der Waals surface area contributed by atoms with Gasteiger partial charge in [-0.2, -0.15) is 0 Å². The predicted molar refractivity (Wildman–Crippen MR) is 110 cm³/mol. The molecule has 4 rings (SSSR count). The molecule has 0 unspecified atom stereocenters. The van der Waals surface area contributed by atoms with Gasteiger partial charge in [-0.3, -0.25) is 4.90 Å². The lowest BCUT2D eigenvalue weighted by atomic mass is 10.1. The molecule has 140 valence electrons. The summed E-state index contributed by atoms with van der Waals surface area (Å²) >= 11 is 0. The van der Waals surface area contributed by atoms with Crippen molar-refractivity contribution in [2.75, 3.05) is 25.0 Å². The van der Waals surface area contributed by atoms with Gasteiger partial charge in [-0.25, -0.2) is 4.79 Å². The molecule has 0 saturated carbocycles. The van der Waals surface area contributed by atoms with Crippen LogP contribution in [0.25, 0.3) is 11.0 Å². The molecule has 1 aliphatic heterocycles. The average molecular weight is 362 g/mol. The van der Waals surface area contributed by atoms with E-state index in [9.17, 15) is 4.79 Å². The van der Waals surface area contributed by atoms with E-state index in [-0.39, 0.29) is 5.63 Å². The number of likely N-dealkylation sites (N-methyl/N-ethyl adjacent to an activating group) is 1. The van der Waals surface area contributed by atoms with Crippen LogP contribution in [0.1, 0.15) is 24.0 Å². The largest absolute Gasteiger partial charge is 0.423 e. The number of likely N-dealkylation sites (tertiary alicyclic amines) is 1. The highest BCUT2D eigenvalue weighted by Gasteiger charge is 2.26. The maximum absolute atomic E-state index is 12.0. The van der Waals surface area contributed by atoms with Crippen LogP contribution in [0.15, 0.2) is 63.8 Å². The van der Waals surface area contributed by atoms with Gasteiger partial charge in [0.05, 0.1) is 0 Å². The Hall–Kier alpha value is -2.59. The first kappa shape index (κ1) is 17.8. The molecule has 1 aromatic heterocycles. The van der Waals surface area contributed by atoms with Crippen molar-refractivity contribution in [1.29, 1.82) is 0 Å². The third kappa shape index (κ3) is 3.91. The summed E-state index contributed by atoms with van der Waals surface area (Å²) in [5.74, 6) is 0. The van der Waals surface area contributed by atoms with Crippen molar-refractivity contribution in [3.63, 3.8) is 0 Å². The van der Waals surface area contributed by atoms with Gasteiger partial charge < -0.3 is 9.32 Å². The number of aryl methyl sites for hydroxylation is 1. The topological polar surface area (TPSA) is 36.7 Å². The van der Waals surface area contributed by atoms with E-state index in [2.05, 4.69) is 53.2 Å². The van der Waals surface area contributed by atoms with Crippen LogP contribution in [0, 0.1) is 6.92 Å². The third-order valence-corrected chi connectivity index (χ3v) is 5.54. The molecule has 4 heteroatoms. The lowest BCUT2D eigenvalue weighted by Gasteiger charge is -2.30. The maximum atomic E-state index is 12.0. The second kappa shape index (κ2) is 7.57. The normalized spacial score (nSPS) is 17.5. The molecule has 0 amide bonds. The van der Waals surface area contributed by atoms with E-state index < -0.39 is 0 Å². The molecule has 1 saturated heterocycles. The smallest absolute Gasteiger partial charge is 0.336 e. The predicted octanol–water partition coefficient (Wildman–Crippen LogP) is 4.20. The Bertz CT molecular complexity index is 981.